The zero-order valence-corrected chi connectivity index (χ0v) is 21.0. The van der Waals surface area contributed by atoms with Gasteiger partial charge < -0.3 is 19.5 Å². The zero-order valence-electron chi connectivity index (χ0n) is 20.2. The monoisotopic (exact) mass is 492 g/mol. The summed E-state index contributed by atoms with van der Waals surface area (Å²) in [7, 11) is 1.61. The molecule has 0 spiro atoms. The molecular weight excluding hydrogens is 460 g/mol. The molecule has 0 heterocycles. The van der Waals surface area contributed by atoms with E-state index >= 15 is 0 Å². The number of unbranched alkanes of at least 4 members (excludes halogenated alkanes) is 1. The lowest BCUT2D eigenvalue weighted by molar-refractivity contribution is 0.0972. The number of ether oxygens (including phenoxy) is 3. The largest absolute Gasteiger partial charge is 0.493 e. The average molecular weight is 493 g/mol. The van der Waals surface area contributed by atoms with Gasteiger partial charge in [0.2, 0.25) is 0 Å². The van der Waals surface area contributed by atoms with E-state index in [0.29, 0.717) is 42.6 Å². The molecule has 0 aliphatic carbocycles. The fourth-order valence-corrected chi connectivity index (χ4v) is 3.53. The molecule has 0 aliphatic rings. The van der Waals surface area contributed by atoms with E-state index in [9.17, 15) is 4.79 Å². The second-order valence-electron chi connectivity index (χ2n) is 7.90. The summed E-state index contributed by atoms with van der Waals surface area (Å²) in [5.74, 6) is 1.57. The van der Waals surface area contributed by atoms with Gasteiger partial charge in [0.05, 0.1) is 25.9 Å². The Labute approximate surface area is 212 Å². The van der Waals surface area contributed by atoms with Gasteiger partial charge >= 0.3 is 0 Å². The molecular formula is C28H32N2O4S. The van der Waals surface area contributed by atoms with Crippen LogP contribution >= 0.6 is 12.2 Å². The molecule has 0 aromatic heterocycles. The number of nitrogens with one attached hydrogen (secondary N) is 2. The summed E-state index contributed by atoms with van der Waals surface area (Å²) in [6, 6.07) is 22.9. The van der Waals surface area contributed by atoms with Crippen LogP contribution in [0.5, 0.6) is 17.2 Å². The summed E-state index contributed by atoms with van der Waals surface area (Å²) in [6.45, 7) is 3.67. The van der Waals surface area contributed by atoms with Crippen LogP contribution in [0, 0.1) is 0 Å². The third-order valence-corrected chi connectivity index (χ3v) is 5.53. The van der Waals surface area contributed by atoms with E-state index in [0.717, 1.165) is 24.8 Å². The smallest absolute Gasteiger partial charge is 0.261 e. The third-order valence-electron chi connectivity index (χ3n) is 5.29. The first kappa shape index (κ1) is 26.0. The van der Waals surface area contributed by atoms with Crippen molar-refractivity contribution in [2.45, 2.75) is 32.7 Å². The van der Waals surface area contributed by atoms with Crippen molar-refractivity contribution in [2.24, 2.45) is 0 Å². The second kappa shape index (κ2) is 14.0. The van der Waals surface area contributed by atoms with Crippen molar-refractivity contribution in [3.63, 3.8) is 0 Å². The topological polar surface area (TPSA) is 68.8 Å². The van der Waals surface area contributed by atoms with Crippen LogP contribution in [-0.4, -0.2) is 31.3 Å². The van der Waals surface area contributed by atoms with Crippen molar-refractivity contribution in [2.75, 3.05) is 20.3 Å². The fourth-order valence-electron chi connectivity index (χ4n) is 3.37. The van der Waals surface area contributed by atoms with Crippen LogP contribution in [0.2, 0.25) is 0 Å². The lowest BCUT2D eigenvalue weighted by atomic mass is 10.1. The number of amides is 1. The van der Waals surface area contributed by atoms with Gasteiger partial charge in [-0.2, -0.15) is 0 Å². The molecule has 6 nitrogen and oxygen atoms in total. The molecule has 1 amide bonds. The van der Waals surface area contributed by atoms with Gasteiger partial charge in [0.1, 0.15) is 5.75 Å². The number of methoxy groups -OCH3 is 1. The van der Waals surface area contributed by atoms with Gasteiger partial charge in [-0.25, -0.2) is 0 Å². The number of rotatable bonds is 12. The first-order valence-electron chi connectivity index (χ1n) is 11.8. The van der Waals surface area contributed by atoms with Crippen molar-refractivity contribution in [3.05, 3.63) is 89.5 Å². The molecule has 0 saturated heterocycles. The number of hydrogen-bond donors (Lipinski definition) is 2. The quantitative estimate of drug-likeness (QED) is 0.264. The van der Waals surface area contributed by atoms with Gasteiger partial charge in [0, 0.05) is 13.0 Å². The van der Waals surface area contributed by atoms with Gasteiger partial charge in [-0.1, -0.05) is 61.9 Å². The fraction of sp³-hybridized carbons (Fsp3) is 0.286. The summed E-state index contributed by atoms with van der Waals surface area (Å²) in [4.78, 5) is 12.8. The van der Waals surface area contributed by atoms with E-state index in [4.69, 9.17) is 26.4 Å². The highest BCUT2D eigenvalue weighted by Gasteiger charge is 2.14. The molecule has 0 aliphatic heterocycles. The van der Waals surface area contributed by atoms with Crippen LogP contribution in [0.1, 0.15) is 41.3 Å². The summed E-state index contributed by atoms with van der Waals surface area (Å²) in [5.41, 5.74) is 2.56. The lowest BCUT2D eigenvalue weighted by Crippen LogP contribution is -2.39. The second-order valence-corrected chi connectivity index (χ2v) is 8.31. The predicted molar refractivity (Wildman–Crippen MR) is 142 cm³/mol. The minimum atomic E-state index is -0.324. The molecule has 3 aromatic carbocycles. The Hall–Kier alpha value is -3.58. The average Bonchev–Trinajstić information content (AvgIpc) is 2.89. The Kier molecular flexibility index (Phi) is 10.4. The zero-order chi connectivity index (χ0) is 24.9. The summed E-state index contributed by atoms with van der Waals surface area (Å²) >= 11 is 5.34. The van der Waals surface area contributed by atoms with Crippen LogP contribution in [0.15, 0.2) is 72.8 Å². The molecule has 7 heteroatoms. The highest BCUT2D eigenvalue weighted by molar-refractivity contribution is 7.80. The predicted octanol–water partition coefficient (Wildman–Crippen LogP) is 5.30. The molecule has 0 radical (unpaired) electrons. The minimum absolute atomic E-state index is 0.233. The SMILES string of the molecule is CCCCOc1ccc(CNC(=S)NC(=O)c2ccccc2OCCc2ccccc2)cc1OC. The molecule has 0 bridgehead atoms. The van der Waals surface area contributed by atoms with E-state index in [1.54, 1.807) is 25.3 Å². The normalized spacial score (nSPS) is 10.3. The van der Waals surface area contributed by atoms with Crippen LogP contribution in [-0.2, 0) is 13.0 Å². The molecule has 0 unspecified atom stereocenters. The van der Waals surface area contributed by atoms with E-state index < -0.39 is 0 Å². The van der Waals surface area contributed by atoms with Crippen LogP contribution in [0.3, 0.4) is 0 Å². The number of para-hydroxylation sites is 1. The Morgan fingerprint density at radius 3 is 2.37 bits per heavy atom. The Morgan fingerprint density at radius 1 is 0.857 bits per heavy atom. The van der Waals surface area contributed by atoms with Crippen molar-refractivity contribution >= 4 is 23.2 Å². The van der Waals surface area contributed by atoms with Crippen molar-refractivity contribution < 1.29 is 19.0 Å². The molecule has 3 aromatic rings. The highest BCUT2D eigenvalue weighted by atomic mass is 32.1. The lowest BCUT2D eigenvalue weighted by Gasteiger charge is -2.14. The molecule has 2 N–H and O–H groups in total. The van der Waals surface area contributed by atoms with Gasteiger partial charge in [-0.05, 0) is 54.0 Å². The number of carbonyl (C=O) groups is 1. The van der Waals surface area contributed by atoms with E-state index in [-0.39, 0.29) is 11.0 Å². The van der Waals surface area contributed by atoms with E-state index in [1.807, 2.05) is 42.5 Å². The van der Waals surface area contributed by atoms with Gasteiger partial charge in [-0.3, -0.25) is 10.1 Å². The maximum Gasteiger partial charge on any atom is 0.261 e. The number of thiocarbonyl (C=S) groups is 1. The number of benzene rings is 3. The van der Waals surface area contributed by atoms with Crippen LogP contribution in [0.4, 0.5) is 0 Å². The maximum atomic E-state index is 12.8. The third kappa shape index (κ3) is 8.30. The van der Waals surface area contributed by atoms with E-state index in [1.165, 1.54) is 5.56 Å². The minimum Gasteiger partial charge on any atom is -0.493 e. The summed E-state index contributed by atoms with van der Waals surface area (Å²) in [5, 5.41) is 6.04. The van der Waals surface area contributed by atoms with Crippen molar-refractivity contribution in [1.29, 1.82) is 0 Å². The first-order valence-corrected chi connectivity index (χ1v) is 12.2. The van der Waals surface area contributed by atoms with Gasteiger partial charge in [-0.15, -0.1) is 0 Å². The summed E-state index contributed by atoms with van der Waals surface area (Å²) in [6.07, 6.45) is 2.81. The van der Waals surface area contributed by atoms with E-state index in [2.05, 4.69) is 29.7 Å². The Morgan fingerprint density at radius 2 is 1.60 bits per heavy atom. The van der Waals surface area contributed by atoms with Crippen molar-refractivity contribution in [3.8, 4) is 17.2 Å². The maximum absolute atomic E-state index is 12.8. The van der Waals surface area contributed by atoms with Crippen molar-refractivity contribution in [1.82, 2.24) is 10.6 Å². The molecule has 184 valence electrons. The number of carbonyl (C=O) groups excluding carboxylic acids is 1. The molecule has 0 atom stereocenters. The summed E-state index contributed by atoms with van der Waals surface area (Å²) < 4.78 is 17.1. The molecule has 0 fully saturated rings. The highest BCUT2D eigenvalue weighted by Crippen LogP contribution is 2.28. The van der Waals surface area contributed by atoms with Gasteiger partial charge in [0.15, 0.2) is 16.6 Å². The molecule has 3 rings (SSSR count). The number of hydrogen-bond acceptors (Lipinski definition) is 5. The Bertz CT molecular complexity index is 1110. The first-order chi connectivity index (χ1) is 17.1. The molecule has 35 heavy (non-hydrogen) atoms. The Balaban J connectivity index is 1.52. The standard InChI is InChI=1S/C28H32N2O4S/c1-3-4-17-33-25-15-14-22(19-26(25)32-2)20-29-28(35)30-27(31)23-12-8-9-13-24(23)34-18-16-21-10-6-5-7-11-21/h5-15,19H,3-4,16-18,20H2,1-2H3,(H2,29,30,31,35). The van der Waals surface area contributed by atoms with Crippen LogP contribution < -0.4 is 24.8 Å². The van der Waals surface area contributed by atoms with Crippen LogP contribution in [0.25, 0.3) is 0 Å². The molecule has 0 saturated carbocycles. The van der Waals surface area contributed by atoms with Gasteiger partial charge in [0.25, 0.3) is 5.91 Å².